The number of carbonyl (C=O) groups excluding carboxylic acids is 1. The highest BCUT2D eigenvalue weighted by molar-refractivity contribution is 5.81. The van der Waals surface area contributed by atoms with E-state index in [4.69, 9.17) is 9.47 Å². The number of Topliss-reactive ketones (excluding diaryl/α,β-unsaturated/α-hetero) is 1. The maximum absolute atomic E-state index is 11.4. The lowest BCUT2D eigenvalue weighted by atomic mass is 10.1. The summed E-state index contributed by atoms with van der Waals surface area (Å²) in [6, 6.07) is 8.00. The molecule has 1 aromatic heterocycles. The molecule has 1 aromatic carbocycles. The fourth-order valence-corrected chi connectivity index (χ4v) is 3.36. The predicted octanol–water partition coefficient (Wildman–Crippen LogP) is 2.19. The van der Waals surface area contributed by atoms with Gasteiger partial charge in [-0.05, 0) is 36.1 Å². The van der Waals surface area contributed by atoms with E-state index in [0.717, 1.165) is 18.8 Å². The standard InChI is InChI=1S/C18H20N4O5/c1-18(11-21-10-16(22(24)25)19-17(21)27-18)12-26-15-4-2-13(3-5-15)20-8-6-14(23)7-9-20/h2-5,10H,6-9,11-12H2,1H3. The van der Waals surface area contributed by atoms with Gasteiger partial charge in [-0.1, -0.05) is 0 Å². The van der Waals surface area contributed by atoms with Crippen LogP contribution < -0.4 is 14.4 Å². The van der Waals surface area contributed by atoms with Crippen LogP contribution in [0.4, 0.5) is 11.5 Å². The molecule has 9 heteroatoms. The van der Waals surface area contributed by atoms with Crippen molar-refractivity contribution in [2.75, 3.05) is 24.6 Å². The average molecular weight is 372 g/mol. The van der Waals surface area contributed by atoms with Crippen LogP contribution in [-0.2, 0) is 11.3 Å². The number of benzene rings is 1. The van der Waals surface area contributed by atoms with Crippen molar-refractivity contribution in [3.8, 4) is 11.8 Å². The topological polar surface area (TPSA) is 99.7 Å². The number of hydrogen-bond acceptors (Lipinski definition) is 7. The van der Waals surface area contributed by atoms with Crippen LogP contribution in [0.1, 0.15) is 19.8 Å². The van der Waals surface area contributed by atoms with Gasteiger partial charge in [0, 0.05) is 36.6 Å². The Kier molecular flexibility index (Phi) is 4.21. The summed E-state index contributed by atoms with van der Waals surface area (Å²) in [6.07, 6.45) is 2.57. The quantitative estimate of drug-likeness (QED) is 0.586. The number of ketones is 1. The van der Waals surface area contributed by atoms with E-state index in [0.29, 0.717) is 37.5 Å². The number of nitro groups is 1. The molecule has 9 nitrogen and oxygen atoms in total. The molecule has 2 aromatic rings. The van der Waals surface area contributed by atoms with Crippen LogP contribution in [0.15, 0.2) is 30.5 Å². The first-order valence-corrected chi connectivity index (χ1v) is 8.82. The van der Waals surface area contributed by atoms with Crippen molar-refractivity contribution in [3.63, 3.8) is 0 Å². The first kappa shape index (κ1) is 17.3. The lowest BCUT2D eigenvalue weighted by molar-refractivity contribution is -0.389. The number of piperidine rings is 1. The third-order valence-electron chi connectivity index (χ3n) is 4.82. The smallest absolute Gasteiger partial charge is 0.415 e. The molecule has 4 rings (SSSR count). The van der Waals surface area contributed by atoms with Gasteiger partial charge in [0.15, 0.2) is 5.60 Å². The largest absolute Gasteiger partial charge is 0.489 e. The van der Waals surface area contributed by atoms with Gasteiger partial charge in [0.2, 0.25) is 0 Å². The van der Waals surface area contributed by atoms with Crippen LogP contribution in [0, 0.1) is 10.1 Å². The van der Waals surface area contributed by atoms with Crippen molar-refractivity contribution in [1.29, 1.82) is 0 Å². The van der Waals surface area contributed by atoms with E-state index in [1.54, 1.807) is 4.57 Å². The van der Waals surface area contributed by atoms with E-state index < -0.39 is 10.5 Å². The molecule has 0 radical (unpaired) electrons. The van der Waals surface area contributed by atoms with Gasteiger partial charge in [0.1, 0.15) is 24.3 Å². The summed E-state index contributed by atoms with van der Waals surface area (Å²) in [5.41, 5.74) is 0.439. The Morgan fingerprint density at radius 3 is 2.63 bits per heavy atom. The second-order valence-corrected chi connectivity index (χ2v) is 7.13. The highest BCUT2D eigenvalue weighted by atomic mass is 16.6. The van der Waals surface area contributed by atoms with Gasteiger partial charge < -0.3 is 24.5 Å². The first-order valence-electron chi connectivity index (χ1n) is 8.82. The maximum Gasteiger partial charge on any atom is 0.415 e. The van der Waals surface area contributed by atoms with Crippen LogP contribution >= 0.6 is 0 Å². The zero-order chi connectivity index (χ0) is 19.0. The fraction of sp³-hybridized carbons (Fsp3) is 0.444. The van der Waals surface area contributed by atoms with Gasteiger partial charge in [-0.25, -0.2) is 0 Å². The lowest BCUT2D eigenvalue weighted by Crippen LogP contribution is -2.38. The molecule has 0 saturated carbocycles. The van der Waals surface area contributed by atoms with E-state index in [-0.39, 0.29) is 11.8 Å². The van der Waals surface area contributed by atoms with E-state index >= 15 is 0 Å². The molecule has 0 N–H and O–H groups in total. The molecule has 142 valence electrons. The van der Waals surface area contributed by atoms with Gasteiger partial charge in [0.25, 0.3) is 0 Å². The molecule has 3 heterocycles. The monoisotopic (exact) mass is 372 g/mol. The molecule has 0 bridgehead atoms. The minimum atomic E-state index is -0.636. The lowest BCUT2D eigenvalue weighted by Gasteiger charge is -2.28. The summed E-state index contributed by atoms with van der Waals surface area (Å²) in [5, 5.41) is 10.8. The van der Waals surface area contributed by atoms with E-state index in [1.807, 2.05) is 31.2 Å². The normalized spacial score (nSPS) is 21.7. The molecule has 2 aliphatic rings. The molecular weight excluding hydrogens is 352 g/mol. The number of fused-ring (bicyclic) bond motifs is 1. The minimum absolute atomic E-state index is 0.219. The van der Waals surface area contributed by atoms with E-state index in [2.05, 4.69) is 9.88 Å². The number of rotatable bonds is 5. The van der Waals surface area contributed by atoms with Crippen molar-refractivity contribution in [2.24, 2.45) is 0 Å². The van der Waals surface area contributed by atoms with Gasteiger partial charge in [0.05, 0.1) is 6.54 Å². The zero-order valence-electron chi connectivity index (χ0n) is 15.0. The fourth-order valence-electron chi connectivity index (χ4n) is 3.36. The van der Waals surface area contributed by atoms with E-state index in [9.17, 15) is 14.9 Å². The number of carbonyl (C=O) groups is 1. The summed E-state index contributed by atoms with van der Waals surface area (Å²) in [4.78, 5) is 27.6. The van der Waals surface area contributed by atoms with Gasteiger partial charge in [-0.3, -0.25) is 9.36 Å². The van der Waals surface area contributed by atoms with Crippen molar-refractivity contribution in [1.82, 2.24) is 9.55 Å². The van der Waals surface area contributed by atoms with E-state index in [1.165, 1.54) is 6.20 Å². The highest BCUT2D eigenvalue weighted by Crippen LogP contribution is 2.31. The summed E-state index contributed by atoms with van der Waals surface area (Å²) >= 11 is 0. The van der Waals surface area contributed by atoms with Gasteiger partial charge in [-0.2, -0.15) is 0 Å². The minimum Gasteiger partial charge on any atom is -0.489 e. The summed E-state index contributed by atoms with van der Waals surface area (Å²) in [5.74, 6) is 0.816. The summed E-state index contributed by atoms with van der Waals surface area (Å²) in [7, 11) is 0. The van der Waals surface area contributed by atoms with Gasteiger partial charge >= 0.3 is 11.8 Å². The number of hydrogen-bond donors (Lipinski definition) is 0. The Bertz CT molecular complexity index is 843. The average Bonchev–Trinajstić information content (AvgIpc) is 3.17. The number of imidazole rings is 1. The van der Waals surface area contributed by atoms with Crippen LogP contribution in [0.5, 0.6) is 11.8 Å². The van der Waals surface area contributed by atoms with Crippen LogP contribution in [0.3, 0.4) is 0 Å². The molecule has 1 unspecified atom stereocenters. The Morgan fingerprint density at radius 2 is 2.00 bits per heavy atom. The molecule has 27 heavy (non-hydrogen) atoms. The molecule has 1 atom stereocenters. The van der Waals surface area contributed by atoms with Crippen molar-refractivity contribution >= 4 is 17.3 Å². The van der Waals surface area contributed by atoms with Crippen molar-refractivity contribution in [2.45, 2.75) is 31.9 Å². The summed E-state index contributed by atoms with van der Waals surface area (Å²) < 4.78 is 13.2. The molecule has 1 fully saturated rings. The molecule has 2 aliphatic heterocycles. The highest BCUT2D eigenvalue weighted by Gasteiger charge is 2.41. The van der Waals surface area contributed by atoms with Crippen molar-refractivity contribution in [3.05, 3.63) is 40.6 Å². The third-order valence-corrected chi connectivity index (χ3v) is 4.82. The summed E-state index contributed by atoms with van der Waals surface area (Å²) in [6.45, 7) is 4.11. The van der Waals surface area contributed by atoms with Crippen LogP contribution in [0.25, 0.3) is 0 Å². The molecule has 1 saturated heterocycles. The molecule has 0 amide bonds. The van der Waals surface area contributed by atoms with Crippen LogP contribution in [0.2, 0.25) is 0 Å². The second-order valence-electron chi connectivity index (χ2n) is 7.13. The van der Waals surface area contributed by atoms with Gasteiger partial charge in [-0.15, -0.1) is 0 Å². The molecular formula is C18H20N4O5. The zero-order valence-corrected chi connectivity index (χ0v) is 15.0. The predicted molar refractivity (Wildman–Crippen MR) is 96.3 cm³/mol. The second kappa shape index (κ2) is 6.57. The Morgan fingerprint density at radius 1 is 1.30 bits per heavy atom. The Labute approximate surface area is 155 Å². The SMILES string of the molecule is CC1(COc2ccc(N3CCC(=O)CC3)cc2)Cn2cc([N+](=O)[O-])nc2O1. The number of aromatic nitrogens is 2. The Hall–Kier alpha value is -3.10. The number of ether oxygens (including phenoxy) is 2. The first-order chi connectivity index (χ1) is 12.9. The number of anilines is 1. The number of nitrogens with zero attached hydrogens (tertiary/aromatic N) is 4. The molecule has 0 aliphatic carbocycles. The van der Waals surface area contributed by atoms with Crippen molar-refractivity contribution < 1.29 is 19.2 Å². The molecule has 0 spiro atoms. The maximum atomic E-state index is 11.4. The Balaban J connectivity index is 1.34. The third kappa shape index (κ3) is 3.57. The van der Waals surface area contributed by atoms with Crippen LogP contribution in [-0.4, -0.2) is 45.6 Å².